The molecule has 3 amide bonds. The van der Waals surface area contributed by atoms with E-state index in [0.717, 1.165) is 4.90 Å². The second-order valence-corrected chi connectivity index (χ2v) is 4.90. The summed E-state index contributed by atoms with van der Waals surface area (Å²) in [6.45, 7) is 0. The van der Waals surface area contributed by atoms with Gasteiger partial charge in [-0.1, -0.05) is 0 Å². The molecule has 0 aromatic heterocycles. The van der Waals surface area contributed by atoms with E-state index in [9.17, 15) is 19.5 Å². The number of rotatable bonds is 1. The van der Waals surface area contributed by atoms with Crippen LogP contribution in [0.15, 0.2) is 18.2 Å². The molecule has 1 saturated heterocycles. The van der Waals surface area contributed by atoms with Crippen LogP contribution < -0.4 is 11.1 Å². The third kappa shape index (κ3) is 1.75. The number of piperidine rings is 1. The Kier molecular flexibility index (Phi) is 2.72. The van der Waals surface area contributed by atoms with Crippen LogP contribution in [0.2, 0.25) is 0 Å². The predicted octanol–water partition coefficient (Wildman–Crippen LogP) is -0.538. The summed E-state index contributed by atoms with van der Waals surface area (Å²) >= 11 is 0. The van der Waals surface area contributed by atoms with Crippen LogP contribution >= 0.6 is 0 Å². The fraction of sp³-hybridized carbons (Fsp3) is 0.308. The van der Waals surface area contributed by atoms with Crippen LogP contribution in [-0.2, 0) is 4.79 Å². The van der Waals surface area contributed by atoms with Gasteiger partial charge in [-0.15, -0.1) is 0 Å². The molecule has 7 heteroatoms. The van der Waals surface area contributed by atoms with Crippen molar-refractivity contribution in [1.82, 2.24) is 10.2 Å². The lowest BCUT2D eigenvalue weighted by molar-refractivity contribution is -0.129. The average Bonchev–Trinajstić information content (AvgIpc) is 2.63. The van der Waals surface area contributed by atoms with Crippen molar-refractivity contribution in [2.45, 2.75) is 25.1 Å². The van der Waals surface area contributed by atoms with Crippen molar-refractivity contribution in [3.63, 3.8) is 0 Å². The fourth-order valence-corrected chi connectivity index (χ4v) is 2.62. The summed E-state index contributed by atoms with van der Waals surface area (Å²) in [5.74, 6) is -1.25. The molecule has 104 valence electrons. The number of carbonyl (C=O) groups excluding carboxylic acids is 3. The van der Waals surface area contributed by atoms with Gasteiger partial charge in [-0.3, -0.25) is 19.3 Å². The van der Waals surface area contributed by atoms with Gasteiger partial charge in [-0.25, -0.2) is 0 Å². The van der Waals surface area contributed by atoms with Gasteiger partial charge < -0.3 is 16.2 Å². The lowest BCUT2D eigenvalue weighted by atomic mass is 10.0. The Labute approximate surface area is 114 Å². The minimum absolute atomic E-state index is 0.164. The van der Waals surface area contributed by atoms with E-state index in [-0.39, 0.29) is 29.9 Å². The lowest BCUT2D eigenvalue weighted by Gasteiger charge is -2.33. The lowest BCUT2D eigenvalue weighted by Crippen LogP contribution is -2.57. The second-order valence-electron chi connectivity index (χ2n) is 4.90. The van der Waals surface area contributed by atoms with Crippen LogP contribution in [0.1, 0.15) is 33.6 Å². The molecule has 1 aromatic rings. The number of aliphatic hydroxyl groups excluding tert-OH is 1. The molecule has 20 heavy (non-hydrogen) atoms. The number of nitrogens with two attached hydrogens (primary N) is 1. The summed E-state index contributed by atoms with van der Waals surface area (Å²) in [5, 5.41) is 12.2. The van der Waals surface area contributed by atoms with E-state index in [1.54, 1.807) is 6.07 Å². The Bertz CT molecular complexity index is 628. The Morgan fingerprint density at radius 3 is 2.60 bits per heavy atom. The SMILES string of the molecule is Nc1ccc2c(c1)C(=O)N(C1CCC(=O)NC1O)C2=O. The molecule has 0 bridgehead atoms. The molecule has 2 aliphatic rings. The molecule has 2 aliphatic heterocycles. The van der Waals surface area contributed by atoms with Crippen molar-refractivity contribution in [2.24, 2.45) is 0 Å². The highest BCUT2D eigenvalue weighted by atomic mass is 16.3. The molecule has 0 radical (unpaired) electrons. The van der Waals surface area contributed by atoms with Gasteiger partial charge in [-0.2, -0.15) is 0 Å². The molecule has 1 fully saturated rings. The third-order valence-electron chi connectivity index (χ3n) is 3.61. The summed E-state index contributed by atoms with van der Waals surface area (Å²) in [4.78, 5) is 36.8. The van der Waals surface area contributed by atoms with Gasteiger partial charge in [0, 0.05) is 12.1 Å². The van der Waals surface area contributed by atoms with Crippen molar-refractivity contribution < 1.29 is 19.5 Å². The first-order valence-corrected chi connectivity index (χ1v) is 6.24. The highest BCUT2D eigenvalue weighted by Gasteiger charge is 2.44. The van der Waals surface area contributed by atoms with Crippen molar-refractivity contribution in [2.75, 3.05) is 5.73 Å². The number of nitrogens with zero attached hydrogens (tertiary/aromatic N) is 1. The average molecular weight is 275 g/mol. The Hall–Kier alpha value is -2.41. The van der Waals surface area contributed by atoms with Gasteiger partial charge in [0.05, 0.1) is 17.2 Å². The fourth-order valence-electron chi connectivity index (χ4n) is 2.62. The number of fused-ring (bicyclic) bond motifs is 1. The number of imide groups is 1. The number of amides is 3. The van der Waals surface area contributed by atoms with Crippen molar-refractivity contribution in [1.29, 1.82) is 0 Å². The number of benzene rings is 1. The zero-order chi connectivity index (χ0) is 14.4. The van der Waals surface area contributed by atoms with Gasteiger partial charge in [0.15, 0.2) is 0 Å². The van der Waals surface area contributed by atoms with Crippen LogP contribution in [0.3, 0.4) is 0 Å². The van der Waals surface area contributed by atoms with Gasteiger partial charge >= 0.3 is 0 Å². The number of anilines is 1. The highest BCUT2D eigenvalue weighted by Crippen LogP contribution is 2.29. The molecule has 0 aliphatic carbocycles. The van der Waals surface area contributed by atoms with Crippen molar-refractivity contribution in [3.8, 4) is 0 Å². The number of hydrogen-bond donors (Lipinski definition) is 3. The molecule has 2 heterocycles. The predicted molar refractivity (Wildman–Crippen MR) is 68.5 cm³/mol. The summed E-state index contributed by atoms with van der Waals surface area (Å²) in [6.07, 6.45) is -0.832. The normalized spacial score (nSPS) is 25.6. The van der Waals surface area contributed by atoms with Gasteiger partial charge in [0.25, 0.3) is 11.8 Å². The Morgan fingerprint density at radius 1 is 1.20 bits per heavy atom. The van der Waals surface area contributed by atoms with Crippen LogP contribution in [0.4, 0.5) is 5.69 Å². The molecule has 3 rings (SSSR count). The number of hydrogen-bond acceptors (Lipinski definition) is 5. The van der Waals surface area contributed by atoms with E-state index in [0.29, 0.717) is 5.69 Å². The molecule has 4 N–H and O–H groups in total. The summed E-state index contributed by atoms with van der Waals surface area (Å²) in [7, 11) is 0. The number of nitrogens with one attached hydrogen (secondary N) is 1. The smallest absolute Gasteiger partial charge is 0.262 e. The van der Waals surface area contributed by atoms with Crippen molar-refractivity contribution >= 4 is 23.4 Å². The van der Waals surface area contributed by atoms with Crippen LogP contribution in [-0.4, -0.2) is 40.0 Å². The first-order chi connectivity index (χ1) is 9.49. The standard InChI is InChI=1S/C13H13N3O4/c14-6-1-2-7-8(5-6)13(20)16(12(7)19)9-3-4-10(17)15-11(9)18/h1-2,5,9,11,18H,3-4,14H2,(H,15,17). The minimum Gasteiger partial charge on any atom is -0.399 e. The quantitative estimate of drug-likeness (QED) is 0.470. The van der Waals surface area contributed by atoms with E-state index in [4.69, 9.17) is 5.73 Å². The topological polar surface area (TPSA) is 113 Å². The molecule has 2 atom stereocenters. The van der Waals surface area contributed by atoms with Crippen LogP contribution in [0.25, 0.3) is 0 Å². The van der Waals surface area contributed by atoms with Crippen LogP contribution in [0, 0.1) is 0 Å². The molecule has 0 saturated carbocycles. The monoisotopic (exact) mass is 275 g/mol. The maximum absolute atomic E-state index is 12.3. The summed E-state index contributed by atoms with van der Waals surface area (Å²) in [6, 6.07) is 3.75. The van der Waals surface area contributed by atoms with Gasteiger partial charge in [-0.05, 0) is 24.6 Å². The zero-order valence-corrected chi connectivity index (χ0v) is 10.5. The van der Waals surface area contributed by atoms with E-state index in [1.807, 2.05) is 0 Å². The van der Waals surface area contributed by atoms with E-state index < -0.39 is 24.1 Å². The second kappa shape index (κ2) is 4.31. The van der Waals surface area contributed by atoms with E-state index in [1.165, 1.54) is 12.1 Å². The maximum Gasteiger partial charge on any atom is 0.262 e. The number of nitrogen functional groups attached to an aromatic ring is 1. The summed E-state index contributed by atoms with van der Waals surface area (Å²) in [5.41, 5.74) is 6.52. The molecule has 1 aromatic carbocycles. The third-order valence-corrected chi connectivity index (χ3v) is 3.61. The Morgan fingerprint density at radius 2 is 1.90 bits per heavy atom. The zero-order valence-electron chi connectivity index (χ0n) is 10.5. The molecule has 7 nitrogen and oxygen atoms in total. The number of carbonyl (C=O) groups is 3. The van der Waals surface area contributed by atoms with E-state index >= 15 is 0 Å². The molecular weight excluding hydrogens is 262 g/mol. The molecule has 2 unspecified atom stereocenters. The van der Waals surface area contributed by atoms with Gasteiger partial charge in [0.1, 0.15) is 6.23 Å². The van der Waals surface area contributed by atoms with E-state index in [2.05, 4.69) is 5.32 Å². The highest BCUT2D eigenvalue weighted by molar-refractivity contribution is 6.22. The number of aliphatic hydroxyl groups is 1. The van der Waals surface area contributed by atoms with Gasteiger partial charge in [0.2, 0.25) is 5.91 Å². The first-order valence-electron chi connectivity index (χ1n) is 6.24. The first kappa shape index (κ1) is 12.6. The van der Waals surface area contributed by atoms with Crippen LogP contribution in [0.5, 0.6) is 0 Å². The maximum atomic E-state index is 12.3. The minimum atomic E-state index is -1.24. The molecular formula is C13H13N3O4. The Balaban J connectivity index is 1.95. The largest absolute Gasteiger partial charge is 0.399 e. The molecule has 0 spiro atoms. The van der Waals surface area contributed by atoms with Crippen molar-refractivity contribution in [3.05, 3.63) is 29.3 Å². The summed E-state index contributed by atoms with van der Waals surface area (Å²) < 4.78 is 0.